The Morgan fingerprint density at radius 2 is 1.80 bits per heavy atom. The average molecular weight is 301 g/mol. The summed E-state index contributed by atoms with van der Waals surface area (Å²) in [6.45, 7) is 1.16. The fraction of sp³-hybridized carbons (Fsp3) is 0.538. The van der Waals surface area contributed by atoms with Crippen molar-refractivity contribution in [3.05, 3.63) is 18.2 Å². The maximum Gasteiger partial charge on any atom is 0.240 e. The topological polar surface area (TPSA) is 73.9 Å². The van der Waals surface area contributed by atoms with Crippen LogP contribution >= 0.6 is 0 Å². The van der Waals surface area contributed by atoms with Crippen molar-refractivity contribution in [3.63, 3.8) is 0 Å². The molecule has 0 bridgehead atoms. The largest absolute Gasteiger partial charge is 0.493 e. The molecule has 0 saturated carbocycles. The Morgan fingerprint density at radius 1 is 1.15 bits per heavy atom. The van der Waals surface area contributed by atoms with Crippen molar-refractivity contribution in [1.82, 2.24) is 4.72 Å². The summed E-state index contributed by atoms with van der Waals surface area (Å²) in [7, 11) is -0.580. The van der Waals surface area contributed by atoms with Crippen LogP contribution in [0, 0.1) is 0 Å². The summed E-state index contributed by atoms with van der Waals surface area (Å²) < 4.78 is 42.8. The van der Waals surface area contributed by atoms with Crippen LogP contribution in [0.5, 0.6) is 11.5 Å². The maximum atomic E-state index is 12.3. The van der Waals surface area contributed by atoms with Crippen LogP contribution in [0.1, 0.15) is 12.8 Å². The molecule has 1 aromatic rings. The van der Waals surface area contributed by atoms with Crippen LogP contribution in [0.25, 0.3) is 0 Å². The molecule has 0 spiro atoms. The number of hydrogen-bond donors (Lipinski definition) is 1. The summed E-state index contributed by atoms with van der Waals surface area (Å²) in [6.07, 6.45) is 1.37. The molecule has 20 heavy (non-hydrogen) atoms. The van der Waals surface area contributed by atoms with Crippen LogP contribution in [0.3, 0.4) is 0 Å². The molecule has 1 aliphatic rings. The smallest absolute Gasteiger partial charge is 0.240 e. The van der Waals surface area contributed by atoms with E-state index in [1.807, 2.05) is 0 Å². The highest BCUT2D eigenvalue weighted by Crippen LogP contribution is 2.29. The third kappa shape index (κ3) is 3.41. The molecule has 0 aliphatic carbocycles. The predicted molar refractivity (Wildman–Crippen MR) is 73.7 cm³/mol. The van der Waals surface area contributed by atoms with Gasteiger partial charge in [0.2, 0.25) is 10.0 Å². The van der Waals surface area contributed by atoms with Gasteiger partial charge in [0.25, 0.3) is 0 Å². The molecule has 0 amide bonds. The van der Waals surface area contributed by atoms with Crippen LogP contribution in [-0.4, -0.2) is 41.9 Å². The van der Waals surface area contributed by atoms with Gasteiger partial charge in [0.1, 0.15) is 0 Å². The van der Waals surface area contributed by atoms with Crippen molar-refractivity contribution in [2.45, 2.75) is 23.8 Å². The van der Waals surface area contributed by atoms with Crippen molar-refractivity contribution >= 4 is 10.0 Å². The zero-order valence-corrected chi connectivity index (χ0v) is 12.4. The molecule has 7 heteroatoms. The first-order valence-electron chi connectivity index (χ1n) is 6.39. The lowest BCUT2D eigenvalue weighted by atomic mass is 10.1. The minimum absolute atomic E-state index is 0.0816. The third-order valence-electron chi connectivity index (χ3n) is 3.21. The molecule has 112 valence electrons. The van der Waals surface area contributed by atoms with Crippen molar-refractivity contribution in [2.24, 2.45) is 0 Å². The van der Waals surface area contributed by atoms with Gasteiger partial charge < -0.3 is 14.2 Å². The number of nitrogens with one attached hydrogen (secondary N) is 1. The number of sulfonamides is 1. The van der Waals surface area contributed by atoms with Gasteiger partial charge in [-0.2, -0.15) is 0 Å². The molecule has 1 aliphatic heterocycles. The fourth-order valence-corrected chi connectivity index (χ4v) is 3.41. The van der Waals surface area contributed by atoms with Gasteiger partial charge in [0.05, 0.1) is 19.1 Å². The number of hydrogen-bond acceptors (Lipinski definition) is 5. The van der Waals surface area contributed by atoms with E-state index in [9.17, 15) is 8.42 Å². The van der Waals surface area contributed by atoms with Crippen molar-refractivity contribution in [1.29, 1.82) is 0 Å². The van der Waals surface area contributed by atoms with Crippen LogP contribution < -0.4 is 14.2 Å². The first-order chi connectivity index (χ1) is 9.56. The monoisotopic (exact) mass is 301 g/mol. The number of methoxy groups -OCH3 is 2. The van der Waals surface area contributed by atoms with E-state index in [-0.39, 0.29) is 10.9 Å². The third-order valence-corrected chi connectivity index (χ3v) is 4.73. The normalized spacial score (nSPS) is 16.9. The Kier molecular flexibility index (Phi) is 4.85. The molecule has 1 N–H and O–H groups in total. The van der Waals surface area contributed by atoms with E-state index in [4.69, 9.17) is 14.2 Å². The van der Waals surface area contributed by atoms with Crippen LogP contribution in [0.15, 0.2) is 23.1 Å². The number of ether oxygens (including phenoxy) is 3. The van der Waals surface area contributed by atoms with Crippen LogP contribution in [-0.2, 0) is 14.8 Å². The van der Waals surface area contributed by atoms with Gasteiger partial charge in [-0.3, -0.25) is 0 Å². The summed E-state index contributed by atoms with van der Waals surface area (Å²) in [5.74, 6) is 0.889. The van der Waals surface area contributed by atoms with Gasteiger partial charge in [0.15, 0.2) is 11.5 Å². The van der Waals surface area contributed by atoms with E-state index in [0.29, 0.717) is 37.6 Å². The fourth-order valence-electron chi connectivity index (χ4n) is 2.09. The van der Waals surface area contributed by atoms with E-state index < -0.39 is 10.0 Å². The van der Waals surface area contributed by atoms with Crippen molar-refractivity contribution < 1.29 is 22.6 Å². The van der Waals surface area contributed by atoms with Crippen LogP contribution in [0.2, 0.25) is 0 Å². The second kappa shape index (κ2) is 6.43. The van der Waals surface area contributed by atoms with E-state index >= 15 is 0 Å². The van der Waals surface area contributed by atoms with E-state index in [1.54, 1.807) is 6.07 Å². The molecule has 6 nitrogen and oxygen atoms in total. The Bertz CT molecular complexity index is 552. The second-order valence-corrected chi connectivity index (χ2v) is 6.24. The molecule has 1 aromatic carbocycles. The molecule has 1 saturated heterocycles. The summed E-state index contributed by atoms with van der Waals surface area (Å²) in [5, 5.41) is 0. The molecule has 1 heterocycles. The minimum Gasteiger partial charge on any atom is -0.493 e. The van der Waals surface area contributed by atoms with Gasteiger partial charge >= 0.3 is 0 Å². The van der Waals surface area contributed by atoms with Gasteiger partial charge in [0, 0.05) is 25.3 Å². The molecule has 1 fully saturated rings. The first kappa shape index (κ1) is 15.1. The number of rotatable bonds is 5. The summed E-state index contributed by atoms with van der Waals surface area (Å²) in [5.41, 5.74) is 0. The molecule has 0 radical (unpaired) electrons. The quantitative estimate of drug-likeness (QED) is 0.883. The van der Waals surface area contributed by atoms with Crippen molar-refractivity contribution in [3.8, 4) is 11.5 Å². The average Bonchev–Trinajstić information content (AvgIpc) is 2.47. The molecule has 0 atom stereocenters. The second-order valence-electron chi connectivity index (χ2n) is 4.52. The van der Waals surface area contributed by atoms with E-state index in [2.05, 4.69) is 4.72 Å². The number of benzene rings is 1. The molecule has 2 rings (SSSR count). The van der Waals surface area contributed by atoms with Gasteiger partial charge in [-0.15, -0.1) is 0 Å². The highest BCUT2D eigenvalue weighted by Gasteiger charge is 2.23. The molecule has 0 aromatic heterocycles. The summed E-state index contributed by atoms with van der Waals surface area (Å²) >= 11 is 0. The Hall–Kier alpha value is -1.31. The van der Waals surface area contributed by atoms with E-state index in [1.165, 1.54) is 26.4 Å². The SMILES string of the molecule is COc1ccc(S(=O)(=O)NC2CCOCC2)cc1OC. The Labute approximate surface area is 119 Å². The predicted octanol–water partition coefficient (Wildman–Crippen LogP) is 1.16. The summed E-state index contributed by atoms with van der Waals surface area (Å²) in [6, 6.07) is 4.46. The minimum atomic E-state index is -3.56. The zero-order chi connectivity index (χ0) is 14.6. The highest BCUT2D eigenvalue weighted by atomic mass is 32.2. The van der Waals surface area contributed by atoms with Gasteiger partial charge in [-0.05, 0) is 25.0 Å². The van der Waals surface area contributed by atoms with Crippen molar-refractivity contribution in [2.75, 3.05) is 27.4 Å². The lowest BCUT2D eigenvalue weighted by Crippen LogP contribution is -2.38. The Balaban J connectivity index is 2.20. The van der Waals surface area contributed by atoms with Gasteiger partial charge in [-0.25, -0.2) is 13.1 Å². The standard InChI is InChI=1S/C13H19NO5S/c1-17-12-4-3-11(9-13(12)18-2)20(15,16)14-10-5-7-19-8-6-10/h3-4,9-10,14H,5-8H2,1-2H3. The highest BCUT2D eigenvalue weighted by molar-refractivity contribution is 7.89. The lowest BCUT2D eigenvalue weighted by molar-refractivity contribution is 0.0832. The van der Waals surface area contributed by atoms with Crippen LogP contribution in [0.4, 0.5) is 0 Å². The Morgan fingerprint density at radius 3 is 2.40 bits per heavy atom. The zero-order valence-electron chi connectivity index (χ0n) is 11.6. The lowest BCUT2D eigenvalue weighted by Gasteiger charge is -2.23. The molecular formula is C13H19NO5S. The first-order valence-corrected chi connectivity index (χ1v) is 7.87. The molecule has 0 unspecified atom stereocenters. The van der Waals surface area contributed by atoms with E-state index in [0.717, 1.165) is 0 Å². The summed E-state index contributed by atoms with van der Waals surface area (Å²) in [4.78, 5) is 0.168. The maximum absolute atomic E-state index is 12.3. The van der Waals surface area contributed by atoms with Gasteiger partial charge in [-0.1, -0.05) is 0 Å². The molecular weight excluding hydrogens is 282 g/mol.